The Bertz CT molecular complexity index is 659. The summed E-state index contributed by atoms with van der Waals surface area (Å²) < 4.78 is 45.4. The average Bonchev–Trinajstić information content (AvgIpc) is 2.43. The van der Waals surface area contributed by atoms with Gasteiger partial charge in [0.2, 0.25) is 10.0 Å². The fourth-order valence-electron chi connectivity index (χ4n) is 1.36. The fourth-order valence-corrected chi connectivity index (χ4v) is 2.61. The zero-order chi connectivity index (χ0) is 16.1. The highest BCUT2D eigenvalue weighted by Gasteiger charge is 2.24. The van der Waals surface area contributed by atoms with Crippen LogP contribution < -0.4 is 4.72 Å². The Morgan fingerprint density at radius 1 is 1.43 bits per heavy atom. The van der Waals surface area contributed by atoms with Crippen LogP contribution in [0.3, 0.4) is 0 Å². The van der Waals surface area contributed by atoms with E-state index in [0.29, 0.717) is 0 Å². The normalized spacial score (nSPS) is 11.9. The Balaban J connectivity index is 2.99. The summed E-state index contributed by atoms with van der Waals surface area (Å²) in [5, 5.41) is 8.57. The van der Waals surface area contributed by atoms with E-state index in [1.54, 1.807) is 13.8 Å². The summed E-state index contributed by atoms with van der Waals surface area (Å²) in [4.78, 5) is -0.455. The van der Waals surface area contributed by atoms with Crippen LogP contribution in [-0.2, 0) is 14.8 Å². The summed E-state index contributed by atoms with van der Waals surface area (Å²) in [6.45, 7) is 3.07. The van der Waals surface area contributed by atoms with Crippen molar-refractivity contribution in [3.05, 3.63) is 29.6 Å². The third-order valence-corrected chi connectivity index (χ3v) is 4.21. The zero-order valence-corrected chi connectivity index (χ0v) is 12.9. The molecule has 5 nitrogen and oxygen atoms in total. The van der Waals surface area contributed by atoms with Crippen molar-refractivity contribution < 1.29 is 22.7 Å². The Labute approximate surface area is 124 Å². The van der Waals surface area contributed by atoms with Gasteiger partial charge in [0.25, 0.3) is 0 Å². The first-order chi connectivity index (χ1) is 9.72. The molecule has 1 rings (SSSR count). The number of benzene rings is 1. The lowest BCUT2D eigenvalue weighted by molar-refractivity contribution is 0.0276. The van der Waals surface area contributed by atoms with E-state index in [0.717, 1.165) is 12.1 Å². The molecule has 0 aromatic heterocycles. The van der Waals surface area contributed by atoms with Gasteiger partial charge in [0, 0.05) is 19.2 Å². The Hall–Kier alpha value is -1.46. The predicted molar refractivity (Wildman–Crippen MR) is 76.6 cm³/mol. The van der Waals surface area contributed by atoms with Gasteiger partial charge in [0.15, 0.2) is 0 Å². The van der Waals surface area contributed by atoms with E-state index in [4.69, 9.17) is 9.84 Å². The molecule has 0 aliphatic carbocycles. The van der Waals surface area contributed by atoms with Crippen molar-refractivity contribution in [2.24, 2.45) is 0 Å². The topological polar surface area (TPSA) is 75.6 Å². The van der Waals surface area contributed by atoms with Gasteiger partial charge in [0.05, 0.1) is 5.60 Å². The molecule has 1 aromatic carbocycles. The molecule has 0 amide bonds. The Morgan fingerprint density at radius 3 is 2.62 bits per heavy atom. The highest BCUT2D eigenvalue weighted by molar-refractivity contribution is 7.89. The summed E-state index contributed by atoms with van der Waals surface area (Å²) in [6.07, 6.45) is 0. The van der Waals surface area contributed by atoms with Crippen molar-refractivity contribution >= 4 is 10.0 Å². The average molecular weight is 315 g/mol. The van der Waals surface area contributed by atoms with Crippen LogP contribution in [0.4, 0.5) is 4.39 Å². The molecule has 0 spiro atoms. The van der Waals surface area contributed by atoms with Crippen molar-refractivity contribution in [2.45, 2.75) is 24.3 Å². The second-order valence-corrected chi connectivity index (χ2v) is 6.63. The van der Waals surface area contributed by atoms with Gasteiger partial charge in [-0.05, 0) is 32.0 Å². The first kappa shape index (κ1) is 17.6. The van der Waals surface area contributed by atoms with Crippen LogP contribution >= 0.6 is 0 Å². The van der Waals surface area contributed by atoms with Gasteiger partial charge >= 0.3 is 0 Å². The number of rotatable bonds is 5. The van der Waals surface area contributed by atoms with Crippen LogP contribution in [0, 0.1) is 17.7 Å². The maximum Gasteiger partial charge on any atom is 0.243 e. The molecule has 0 fully saturated rings. The van der Waals surface area contributed by atoms with E-state index in [2.05, 4.69) is 16.6 Å². The number of halogens is 1. The second kappa shape index (κ2) is 7.00. The summed E-state index contributed by atoms with van der Waals surface area (Å²) in [6, 6.07) is 3.53. The summed E-state index contributed by atoms with van der Waals surface area (Å²) in [7, 11) is -2.51. The summed E-state index contributed by atoms with van der Waals surface area (Å²) in [5.74, 6) is 3.96. The van der Waals surface area contributed by atoms with Crippen LogP contribution in [0.25, 0.3) is 0 Å². The van der Waals surface area contributed by atoms with Crippen molar-refractivity contribution in [1.82, 2.24) is 4.72 Å². The number of hydrogen-bond donors (Lipinski definition) is 2. The maximum absolute atomic E-state index is 13.9. The number of nitrogens with one attached hydrogen (secondary N) is 1. The van der Waals surface area contributed by atoms with Gasteiger partial charge < -0.3 is 9.84 Å². The van der Waals surface area contributed by atoms with Crippen molar-refractivity contribution in [3.8, 4) is 11.8 Å². The zero-order valence-electron chi connectivity index (χ0n) is 12.1. The molecule has 1 aromatic rings. The van der Waals surface area contributed by atoms with E-state index < -0.39 is 26.3 Å². The maximum atomic E-state index is 13.9. The fraction of sp³-hybridized carbons (Fsp3) is 0.429. The third-order valence-electron chi connectivity index (χ3n) is 2.77. The lowest BCUT2D eigenvalue weighted by Gasteiger charge is -2.23. The van der Waals surface area contributed by atoms with Gasteiger partial charge in [0.1, 0.15) is 17.3 Å². The lowest BCUT2D eigenvalue weighted by atomic mass is 10.1. The summed E-state index contributed by atoms with van der Waals surface area (Å²) >= 11 is 0. The van der Waals surface area contributed by atoms with Crippen molar-refractivity contribution in [3.63, 3.8) is 0 Å². The SMILES string of the molecule is COC(C)(C)CNS(=O)(=O)c1ccc(C#CCO)cc1F. The molecule has 0 atom stereocenters. The van der Waals surface area contributed by atoms with Gasteiger partial charge in [-0.2, -0.15) is 0 Å². The highest BCUT2D eigenvalue weighted by Crippen LogP contribution is 2.16. The van der Waals surface area contributed by atoms with Crippen LogP contribution in [0.1, 0.15) is 19.4 Å². The van der Waals surface area contributed by atoms with E-state index in [1.807, 2.05) is 0 Å². The number of aliphatic hydroxyl groups excluding tert-OH is 1. The van der Waals surface area contributed by atoms with Crippen LogP contribution in [-0.4, -0.2) is 39.4 Å². The smallest absolute Gasteiger partial charge is 0.243 e. The van der Waals surface area contributed by atoms with Gasteiger partial charge in [-0.25, -0.2) is 17.5 Å². The number of aliphatic hydroxyl groups is 1. The molecule has 0 bridgehead atoms. The summed E-state index contributed by atoms with van der Waals surface area (Å²) in [5.41, 5.74) is -0.409. The van der Waals surface area contributed by atoms with E-state index in [-0.39, 0.29) is 18.7 Å². The monoisotopic (exact) mass is 315 g/mol. The minimum absolute atomic E-state index is 0.0113. The quantitative estimate of drug-likeness (QED) is 0.791. The van der Waals surface area contributed by atoms with Gasteiger partial charge in [-0.15, -0.1) is 0 Å². The minimum Gasteiger partial charge on any atom is -0.384 e. The van der Waals surface area contributed by atoms with Gasteiger partial charge in [-0.3, -0.25) is 0 Å². The van der Waals surface area contributed by atoms with Crippen LogP contribution in [0.15, 0.2) is 23.1 Å². The molecule has 0 heterocycles. The third kappa shape index (κ3) is 5.10. The molecule has 0 aliphatic rings. The molecule has 2 N–H and O–H groups in total. The van der Waals surface area contributed by atoms with Crippen molar-refractivity contribution in [2.75, 3.05) is 20.3 Å². The van der Waals surface area contributed by atoms with Gasteiger partial charge in [-0.1, -0.05) is 11.8 Å². The first-order valence-corrected chi connectivity index (χ1v) is 7.64. The molecule has 0 unspecified atom stereocenters. The molecule has 0 aliphatic heterocycles. The minimum atomic E-state index is -3.97. The number of hydrogen-bond acceptors (Lipinski definition) is 4. The Kier molecular flexibility index (Phi) is 5.87. The molecule has 7 heteroatoms. The molecule has 0 saturated heterocycles. The lowest BCUT2D eigenvalue weighted by Crippen LogP contribution is -2.39. The largest absolute Gasteiger partial charge is 0.384 e. The Morgan fingerprint density at radius 2 is 2.10 bits per heavy atom. The number of sulfonamides is 1. The molecule has 116 valence electrons. The first-order valence-electron chi connectivity index (χ1n) is 6.16. The molecule has 0 radical (unpaired) electrons. The van der Waals surface area contributed by atoms with E-state index in [9.17, 15) is 12.8 Å². The molecule has 21 heavy (non-hydrogen) atoms. The molecular formula is C14H18FNO4S. The molecule has 0 saturated carbocycles. The van der Waals surface area contributed by atoms with E-state index in [1.165, 1.54) is 13.2 Å². The predicted octanol–water partition coefficient (Wildman–Crippen LogP) is 0.873. The number of methoxy groups -OCH3 is 1. The van der Waals surface area contributed by atoms with Crippen LogP contribution in [0.5, 0.6) is 0 Å². The highest BCUT2D eigenvalue weighted by atomic mass is 32.2. The van der Waals surface area contributed by atoms with E-state index >= 15 is 0 Å². The standard InChI is InChI=1S/C14H18FNO4S/c1-14(2,20-3)10-16-21(18,19)13-7-6-11(5-4-8-17)9-12(13)15/h6-7,9,16-17H,8,10H2,1-3H3. The van der Waals surface area contributed by atoms with Crippen molar-refractivity contribution in [1.29, 1.82) is 0 Å². The number of ether oxygens (including phenoxy) is 1. The second-order valence-electron chi connectivity index (χ2n) is 4.89. The molecular weight excluding hydrogens is 297 g/mol. The van der Waals surface area contributed by atoms with Crippen LogP contribution in [0.2, 0.25) is 0 Å².